The molecule has 1 saturated heterocycles. The predicted molar refractivity (Wildman–Crippen MR) is 97.0 cm³/mol. The molecule has 2 atom stereocenters. The number of nitrogens with one attached hydrogen (secondary N) is 3. The largest absolute Gasteiger partial charge is 0.363 e. The zero-order valence-electron chi connectivity index (χ0n) is 14.2. The number of pyridine rings is 2. The average Bonchev–Trinajstić information content (AvgIpc) is 3.27. The van der Waals surface area contributed by atoms with E-state index < -0.39 is 6.17 Å². The van der Waals surface area contributed by atoms with Crippen molar-refractivity contribution < 1.29 is 9.18 Å². The van der Waals surface area contributed by atoms with E-state index in [1.807, 2.05) is 22.6 Å². The summed E-state index contributed by atoms with van der Waals surface area (Å²) in [5.74, 6) is 0.461. The number of carbonyl (C=O) groups is 1. The van der Waals surface area contributed by atoms with Gasteiger partial charge in [-0.2, -0.15) is 0 Å². The molecule has 1 amide bonds. The van der Waals surface area contributed by atoms with Gasteiger partial charge in [-0.05, 0) is 24.3 Å². The van der Waals surface area contributed by atoms with Crippen molar-refractivity contribution in [2.24, 2.45) is 0 Å². The third-order valence-electron chi connectivity index (χ3n) is 4.49. The summed E-state index contributed by atoms with van der Waals surface area (Å²) in [5, 5.41) is 8.75. The van der Waals surface area contributed by atoms with E-state index in [-0.39, 0.29) is 11.9 Å². The molecule has 1 fully saturated rings. The molecule has 8 heteroatoms. The van der Waals surface area contributed by atoms with Crippen LogP contribution < -0.4 is 16.0 Å². The Labute approximate surface area is 149 Å². The van der Waals surface area contributed by atoms with Gasteiger partial charge in [0.25, 0.3) is 5.91 Å². The maximum Gasteiger partial charge on any atom is 0.251 e. The number of carbonyl (C=O) groups excluding carboxylic acids is 1. The van der Waals surface area contributed by atoms with Gasteiger partial charge in [0.2, 0.25) is 0 Å². The van der Waals surface area contributed by atoms with Crippen LogP contribution in [0.3, 0.4) is 0 Å². The number of alkyl halides is 1. The van der Waals surface area contributed by atoms with Crippen molar-refractivity contribution in [3.05, 3.63) is 48.3 Å². The number of nitrogens with zero attached hydrogens (tertiary/aromatic N) is 3. The van der Waals surface area contributed by atoms with E-state index in [0.29, 0.717) is 30.1 Å². The Morgan fingerprint density at radius 3 is 3.00 bits per heavy atom. The summed E-state index contributed by atoms with van der Waals surface area (Å²) in [4.78, 5) is 20.7. The summed E-state index contributed by atoms with van der Waals surface area (Å²) in [6.45, 7) is 0.934. The number of fused-ring (bicyclic) bond motifs is 1. The number of aromatic nitrogens is 3. The highest BCUT2D eigenvalue weighted by molar-refractivity contribution is 5.94. The van der Waals surface area contributed by atoms with E-state index in [9.17, 15) is 9.18 Å². The molecule has 134 valence electrons. The maximum atomic E-state index is 13.8. The monoisotopic (exact) mass is 354 g/mol. The topological polar surface area (TPSA) is 83.4 Å². The molecule has 4 heterocycles. The summed E-state index contributed by atoms with van der Waals surface area (Å²) in [6.07, 6.45) is 2.58. The fourth-order valence-electron chi connectivity index (χ4n) is 3.09. The summed E-state index contributed by atoms with van der Waals surface area (Å²) < 4.78 is 15.7. The van der Waals surface area contributed by atoms with Crippen LogP contribution in [0.4, 0.5) is 10.2 Å². The second-order valence-corrected chi connectivity index (χ2v) is 6.20. The quantitative estimate of drug-likeness (QED) is 0.661. The van der Waals surface area contributed by atoms with Crippen LogP contribution in [0.5, 0.6) is 0 Å². The van der Waals surface area contributed by atoms with Crippen LogP contribution in [0.25, 0.3) is 17.0 Å². The predicted octanol–water partition coefficient (Wildman–Crippen LogP) is 1.48. The van der Waals surface area contributed by atoms with Gasteiger partial charge in [-0.25, -0.2) is 14.4 Å². The van der Waals surface area contributed by atoms with Crippen LogP contribution in [0.2, 0.25) is 0 Å². The zero-order valence-corrected chi connectivity index (χ0v) is 14.2. The fourth-order valence-corrected chi connectivity index (χ4v) is 3.09. The highest BCUT2D eigenvalue weighted by atomic mass is 19.1. The van der Waals surface area contributed by atoms with E-state index in [0.717, 1.165) is 11.4 Å². The number of amides is 1. The third kappa shape index (κ3) is 2.99. The Balaban J connectivity index is 1.65. The molecule has 0 radical (unpaired) electrons. The molecule has 3 aromatic rings. The first kappa shape index (κ1) is 16.5. The minimum absolute atomic E-state index is 0.160. The van der Waals surface area contributed by atoms with Crippen molar-refractivity contribution in [1.29, 1.82) is 0 Å². The van der Waals surface area contributed by atoms with Crippen LogP contribution in [0, 0.1) is 0 Å². The Bertz CT molecular complexity index is 956. The third-order valence-corrected chi connectivity index (χ3v) is 4.49. The van der Waals surface area contributed by atoms with Gasteiger partial charge in [-0.1, -0.05) is 6.07 Å². The van der Waals surface area contributed by atoms with E-state index in [1.54, 1.807) is 31.6 Å². The van der Waals surface area contributed by atoms with Crippen molar-refractivity contribution in [3.63, 3.8) is 0 Å². The van der Waals surface area contributed by atoms with Gasteiger partial charge >= 0.3 is 0 Å². The summed E-state index contributed by atoms with van der Waals surface area (Å²) in [5.41, 5.74) is 2.72. The van der Waals surface area contributed by atoms with Crippen LogP contribution in [0.15, 0.2) is 42.7 Å². The van der Waals surface area contributed by atoms with Gasteiger partial charge in [-0.3, -0.25) is 9.20 Å². The number of rotatable bonds is 4. The first-order valence-electron chi connectivity index (χ1n) is 8.43. The summed E-state index contributed by atoms with van der Waals surface area (Å²) in [6, 6.07) is 8.75. The van der Waals surface area contributed by atoms with Crippen molar-refractivity contribution in [3.8, 4) is 11.4 Å². The van der Waals surface area contributed by atoms with Gasteiger partial charge in [0, 0.05) is 31.9 Å². The SMILES string of the molecule is CNC(=O)c1ccn2c(-c3cccc(N[C@H]4CNC[C@@H]4F)n3)cnc2c1. The molecule has 0 unspecified atom stereocenters. The molecule has 1 aliphatic heterocycles. The lowest BCUT2D eigenvalue weighted by atomic mass is 10.2. The lowest BCUT2D eigenvalue weighted by Gasteiger charge is -2.15. The van der Waals surface area contributed by atoms with E-state index in [2.05, 4.69) is 25.9 Å². The molecular formula is C18H19FN6O. The molecule has 0 spiro atoms. The first-order valence-corrected chi connectivity index (χ1v) is 8.43. The standard InChI is InChI=1S/C18H19FN6O/c1-20-18(26)11-5-6-25-15(10-22-17(25)7-11)13-3-2-4-16(23-13)24-14-9-21-8-12(14)19/h2-7,10,12,14,21H,8-9H2,1H3,(H,20,26)(H,23,24)/t12-,14-/m0/s1. The normalized spacial score (nSPS) is 19.6. The van der Waals surface area contributed by atoms with Crippen LogP contribution >= 0.6 is 0 Å². The number of imidazole rings is 1. The Hall–Kier alpha value is -3.00. The van der Waals surface area contributed by atoms with Gasteiger partial charge in [0.1, 0.15) is 17.6 Å². The van der Waals surface area contributed by atoms with Gasteiger partial charge in [0.05, 0.1) is 23.6 Å². The molecule has 0 aromatic carbocycles. The van der Waals surface area contributed by atoms with Crippen molar-refractivity contribution >= 4 is 17.4 Å². The number of hydrogen-bond acceptors (Lipinski definition) is 5. The Morgan fingerprint density at radius 2 is 2.23 bits per heavy atom. The fraction of sp³-hybridized carbons (Fsp3) is 0.278. The number of hydrogen-bond donors (Lipinski definition) is 3. The number of halogens is 1. The molecule has 0 aliphatic carbocycles. The Morgan fingerprint density at radius 1 is 1.35 bits per heavy atom. The second kappa shape index (κ2) is 6.72. The van der Waals surface area contributed by atoms with Crippen LogP contribution in [-0.4, -0.2) is 52.6 Å². The van der Waals surface area contributed by atoms with Gasteiger partial charge in [-0.15, -0.1) is 0 Å². The maximum absolute atomic E-state index is 13.8. The lowest BCUT2D eigenvalue weighted by Crippen LogP contribution is -2.29. The van der Waals surface area contributed by atoms with E-state index in [4.69, 9.17) is 0 Å². The van der Waals surface area contributed by atoms with Gasteiger partial charge < -0.3 is 16.0 Å². The number of anilines is 1. The minimum atomic E-state index is -0.931. The molecule has 0 bridgehead atoms. The van der Waals surface area contributed by atoms with Crippen molar-refractivity contribution in [2.45, 2.75) is 12.2 Å². The highest BCUT2D eigenvalue weighted by Crippen LogP contribution is 2.22. The molecule has 1 aliphatic rings. The molecule has 3 N–H and O–H groups in total. The van der Waals surface area contributed by atoms with Gasteiger partial charge in [0.15, 0.2) is 0 Å². The smallest absolute Gasteiger partial charge is 0.251 e. The summed E-state index contributed by atoms with van der Waals surface area (Å²) >= 11 is 0. The van der Waals surface area contributed by atoms with E-state index in [1.165, 1.54) is 0 Å². The van der Waals surface area contributed by atoms with Crippen LogP contribution in [-0.2, 0) is 0 Å². The molecule has 3 aromatic heterocycles. The molecule has 0 saturated carbocycles. The first-order chi connectivity index (χ1) is 12.7. The molecule has 7 nitrogen and oxygen atoms in total. The summed E-state index contributed by atoms with van der Waals surface area (Å²) in [7, 11) is 1.59. The van der Waals surface area contributed by atoms with Crippen molar-refractivity contribution in [1.82, 2.24) is 25.0 Å². The zero-order chi connectivity index (χ0) is 18.1. The molecule has 26 heavy (non-hydrogen) atoms. The Kier molecular flexibility index (Phi) is 4.26. The average molecular weight is 354 g/mol. The highest BCUT2D eigenvalue weighted by Gasteiger charge is 2.26. The second-order valence-electron chi connectivity index (χ2n) is 6.20. The van der Waals surface area contributed by atoms with Crippen molar-refractivity contribution in [2.75, 3.05) is 25.5 Å². The molecular weight excluding hydrogens is 335 g/mol. The van der Waals surface area contributed by atoms with E-state index >= 15 is 0 Å². The molecule has 4 rings (SSSR count). The lowest BCUT2D eigenvalue weighted by molar-refractivity contribution is 0.0963. The van der Waals surface area contributed by atoms with Crippen LogP contribution in [0.1, 0.15) is 10.4 Å². The minimum Gasteiger partial charge on any atom is -0.363 e.